The zero-order valence-corrected chi connectivity index (χ0v) is 22.0. The molecule has 0 spiro atoms. The number of aromatic nitrogens is 1. The van der Waals surface area contributed by atoms with Gasteiger partial charge in [0.2, 0.25) is 5.60 Å². The largest absolute Gasteiger partial charge is 0.475 e. The molecular formula is C27H30BClN4O5. The van der Waals surface area contributed by atoms with Crippen LogP contribution < -0.4 is 10.6 Å². The predicted molar refractivity (Wildman–Crippen MR) is 147 cm³/mol. The maximum Gasteiger partial charge on any atom is 0.475 e. The minimum Gasteiger partial charge on any atom is -0.426 e. The van der Waals surface area contributed by atoms with Crippen LogP contribution >= 0.6 is 11.6 Å². The Balaban J connectivity index is 1.51. The Kier molecular flexibility index (Phi) is 8.66. The van der Waals surface area contributed by atoms with E-state index in [1.165, 1.54) is 0 Å². The van der Waals surface area contributed by atoms with Gasteiger partial charge in [-0.1, -0.05) is 73.1 Å². The van der Waals surface area contributed by atoms with E-state index in [0.29, 0.717) is 22.7 Å². The Morgan fingerprint density at radius 3 is 2.61 bits per heavy atom. The molecule has 0 aliphatic carbocycles. The first kappa shape index (κ1) is 27.6. The van der Waals surface area contributed by atoms with Crippen molar-refractivity contribution in [2.24, 2.45) is 11.1 Å². The molecule has 4 rings (SSSR count). The number of nitrogens with one attached hydrogen (secondary N) is 2. The highest BCUT2D eigenvalue weighted by Crippen LogP contribution is 2.32. The molecule has 0 saturated heterocycles. The number of carbonyl (C=O) groups excluding carboxylic acids is 2. The number of carbonyl (C=O) groups is 2. The van der Waals surface area contributed by atoms with Crippen molar-refractivity contribution in [1.29, 1.82) is 0 Å². The molecule has 2 atom stereocenters. The lowest BCUT2D eigenvalue weighted by molar-refractivity contribution is -0.144. The number of oxime groups is 1. The van der Waals surface area contributed by atoms with E-state index in [9.17, 15) is 19.6 Å². The molecule has 1 aromatic heterocycles. The molecule has 2 amide bonds. The molecular weight excluding hydrogens is 507 g/mol. The van der Waals surface area contributed by atoms with Crippen LogP contribution in [0.2, 0.25) is 5.02 Å². The molecule has 4 N–H and O–H groups in total. The van der Waals surface area contributed by atoms with E-state index in [0.717, 1.165) is 10.8 Å². The van der Waals surface area contributed by atoms with Gasteiger partial charge in [0.15, 0.2) is 0 Å². The second-order valence-electron chi connectivity index (χ2n) is 9.87. The molecule has 0 bridgehead atoms. The van der Waals surface area contributed by atoms with Gasteiger partial charge in [0.05, 0.1) is 18.2 Å². The van der Waals surface area contributed by atoms with E-state index in [1.54, 1.807) is 30.5 Å². The lowest BCUT2D eigenvalue weighted by Crippen LogP contribution is -2.56. The number of hydrogen-bond donors (Lipinski definition) is 4. The fraction of sp³-hybridized carbons (Fsp3) is 0.333. The van der Waals surface area contributed by atoms with Gasteiger partial charge in [-0.2, -0.15) is 0 Å². The van der Waals surface area contributed by atoms with Crippen LogP contribution in [0.3, 0.4) is 0 Å². The Bertz CT molecular complexity index is 1350. The molecule has 0 saturated carbocycles. The van der Waals surface area contributed by atoms with Crippen LogP contribution in [0.15, 0.2) is 65.9 Å². The van der Waals surface area contributed by atoms with E-state index >= 15 is 0 Å². The van der Waals surface area contributed by atoms with Crippen LogP contribution in [-0.2, 0) is 16.1 Å². The normalized spacial score (nSPS) is 17.6. The molecule has 0 radical (unpaired) electrons. The lowest BCUT2D eigenvalue weighted by atomic mass is 9.74. The first-order chi connectivity index (χ1) is 18.2. The van der Waals surface area contributed by atoms with Crippen molar-refractivity contribution in [3.8, 4) is 0 Å². The third kappa shape index (κ3) is 6.32. The maximum absolute atomic E-state index is 13.6. The summed E-state index contributed by atoms with van der Waals surface area (Å²) in [5.41, 5.74) is -0.0658. The van der Waals surface area contributed by atoms with Gasteiger partial charge in [-0.25, -0.2) is 0 Å². The third-order valence-electron chi connectivity index (χ3n) is 6.43. The van der Waals surface area contributed by atoms with Gasteiger partial charge < -0.3 is 25.5 Å². The standard InChI is InChI=1S/C27H30BClN4O5/c1-17(2)13-23(28(36)37)32-26(35)27(14-19-8-4-6-10-22(19)29)15-20(33-38-27)16-31-25(34)24-21-9-5-3-7-18(21)11-12-30-24/h3-12,17,23,36-37H,13-16H2,1-2H3,(H,31,34)(H,32,35)/t23-,27?/m0/s1. The van der Waals surface area contributed by atoms with Crippen molar-refractivity contribution in [3.63, 3.8) is 0 Å². The summed E-state index contributed by atoms with van der Waals surface area (Å²) < 4.78 is 0. The monoisotopic (exact) mass is 536 g/mol. The van der Waals surface area contributed by atoms with Crippen LogP contribution in [0.4, 0.5) is 0 Å². The van der Waals surface area contributed by atoms with Gasteiger partial charge in [0, 0.05) is 29.4 Å². The highest BCUT2D eigenvalue weighted by atomic mass is 35.5. The van der Waals surface area contributed by atoms with E-state index < -0.39 is 24.6 Å². The lowest BCUT2D eigenvalue weighted by Gasteiger charge is -2.29. The highest BCUT2D eigenvalue weighted by Gasteiger charge is 2.48. The molecule has 1 aliphatic rings. The fourth-order valence-electron chi connectivity index (χ4n) is 4.52. The van der Waals surface area contributed by atoms with Gasteiger partial charge in [-0.15, -0.1) is 0 Å². The smallest absolute Gasteiger partial charge is 0.426 e. The molecule has 9 nitrogen and oxygen atoms in total. The van der Waals surface area contributed by atoms with E-state index in [2.05, 4.69) is 20.8 Å². The summed E-state index contributed by atoms with van der Waals surface area (Å²) in [5.74, 6) is -1.71. The quantitative estimate of drug-likeness (QED) is 0.295. The molecule has 38 heavy (non-hydrogen) atoms. The second-order valence-corrected chi connectivity index (χ2v) is 10.3. The Morgan fingerprint density at radius 2 is 1.87 bits per heavy atom. The number of benzene rings is 2. The number of halogens is 1. The molecule has 198 valence electrons. The van der Waals surface area contributed by atoms with Crippen molar-refractivity contribution < 1.29 is 24.5 Å². The van der Waals surface area contributed by atoms with Crippen LogP contribution in [-0.4, -0.2) is 57.8 Å². The predicted octanol–water partition coefficient (Wildman–Crippen LogP) is 2.92. The van der Waals surface area contributed by atoms with Crippen molar-refractivity contribution >= 4 is 47.0 Å². The average Bonchev–Trinajstić information content (AvgIpc) is 3.31. The SMILES string of the molecule is CC(C)C[C@H](NC(=O)C1(Cc2ccccc2Cl)CC(CNC(=O)c2nccc3ccccc23)=NO1)B(O)O. The topological polar surface area (TPSA) is 133 Å². The van der Waals surface area contributed by atoms with E-state index in [4.69, 9.17) is 16.4 Å². The molecule has 11 heteroatoms. The molecule has 1 unspecified atom stereocenters. The zero-order valence-electron chi connectivity index (χ0n) is 21.2. The van der Waals surface area contributed by atoms with Crippen LogP contribution in [0.5, 0.6) is 0 Å². The van der Waals surface area contributed by atoms with Gasteiger partial charge in [0.25, 0.3) is 11.8 Å². The summed E-state index contributed by atoms with van der Waals surface area (Å²) in [6.45, 7) is 3.88. The van der Waals surface area contributed by atoms with Crippen molar-refractivity contribution in [2.75, 3.05) is 6.54 Å². The minimum absolute atomic E-state index is 0.0410. The van der Waals surface area contributed by atoms with Gasteiger partial charge in [-0.3, -0.25) is 14.6 Å². The molecule has 0 fully saturated rings. The molecule has 2 aromatic carbocycles. The third-order valence-corrected chi connectivity index (χ3v) is 6.80. The van der Waals surface area contributed by atoms with Crippen LogP contribution in [0.1, 0.15) is 42.7 Å². The molecule has 3 aromatic rings. The van der Waals surface area contributed by atoms with Crippen molar-refractivity contribution in [1.82, 2.24) is 15.6 Å². The summed E-state index contributed by atoms with van der Waals surface area (Å²) in [5, 5.41) is 31.5. The summed E-state index contributed by atoms with van der Waals surface area (Å²) in [4.78, 5) is 36.5. The number of nitrogens with zero attached hydrogens (tertiary/aromatic N) is 2. The number of rotatable bonds is 10. The zero-order chi connectivity index (χ0) is 27.3. The number of amides is 2. The first-order valence-electron chi connectivity index (χ1n) is 12.4. The van der Waals surface area contributed by atoms with Crippen molar-refractivity contribution in [3.05, 3.63) is 77.1 Å². The number of fused-ring (bicyclic) bond motifs is 1. The first-order valence-corrected chi connectivity index (χ1v) is 12.8. The summed E-state index contributed by atoms with van der Waals surface area (Å²) >= 11 is 6.38. The summed E-state index contributed by atoms with van der Waals surface area (Å²) in [7, 11) is -1.74. The fourth-order valence-corrected chi connectivity index (χ4v) is 4.72. The number of hydrogen-bond acceptors (Lipinski definition) is 7. The summed E-state index contributed by atoms with van der Waals surface area (Å²) in [6, 6.07) is 16.4. The summed E-state index contributed by atoms with van der Waals surface area (Å²) in [6.07, 6.45) is 2.10. The van der Waals surface area contributed by atoms with E-state index in [-0.39, 0.29) is 36.9 Å². The van der Waals surface area contributed by atoms with Crippen molar-refractivity contribution in [2.45, 2.75) is 44.7 Å². The molecule has 1 aliphatic heterocycles. The molecule has 2 heterocycles. The second kappa shape index (κ2) is 11.9. The van der Waals surface area contributed by atoms with Crippen LogP contribution in [0.25, 0.3) is 10.8 Å². The van der Waals surface area contributed by atoms with Gasteiger partial charge >= 0.3 is 7.12 Å². The van der Waals surface area contributed by atoms with E-state index in [1.807, 2.05) is 44.2 Å². The van der Waals surface area contributed by atoms with Crippen LogP contribution in [0, 0.1) is 5.92 Å². The number of pyridine rings is 1. The average molecular weight is 537 g/mol. The Hall–Kier alpha value is -3.47. The highest BCUT2D eigenvalue weighted by molar-refractivity contribution is 6.43. The van der Waals surface area contributed by atoms with Gasteiger partial charge in [-0.05, 0) is 35.4 Å². The maximum atomic E-state index is 13.6. The van der Waals surface area contributed by atoms with Gasteiger partial charge in [0.1, 0.15) is 5.69 Å². The minimum atomic E-state index is -1.74. The Morgan fingerprint density at radius 1 is 1.13 bits per heavy atom. The Labute approximate surface area is 226 Å².